The number of halogens is 2. The van der Waals surface area contributed by atoms with Gasteiger partial charge in [0.25, 0.3) is 0 Å². The van der Waals surface area contributed by atoms with Gasteiger partial charge < -0.3 is 26.2 Å². The Morgan fingerprint density at radius 2 is 1.96 bits per heavy atom. The lowest BCUT2D eigenvalue weighted by Gasteiger charge is -2.45. The molecule has 0 spiro atoms. The van der Waals surface area contributed by atoms with Gasteiger partial charge in [-0.25, -0.2) is 8.78 Å². The normalized spacial score (nSPS) is 21.4. The molecule has 1 aliphatic carbocycles. The number of nitrogens with two attached hydrogens (primary N) is 1. The second-order valence-corrected chi connectivity index (χ2v) is 7.39. The number of hydrogen-bond donors (Lipinski definition) is 5. The molecular weight excluding hydrogens is 357 g/mol. The lowest BCUT2D eigenvalue weighted by Crippen LogP contribution is -2.61. The van der Waals surface area contributed by atoms with E-state index in [2.05, 4.69) is 5.32 Å². The number of rotatable bonds is 11. The van der Waals surface area contributed by atoms with Crippen molar-refractivity contribution >= 4 is 13.1 Å². The van der Waals surface area contributed by atoms with E-state index in [0.717, 1.165) is 6.07 Å². The summed E-state index contributed by atoms with van der Waals surface area (Å²) in [5.41, 5.74) is 5.54. The third-order valence-electron chi connectivity index (χ3n) is 5.40. The molecule has 0 heterocycles. The van der Waals surface area contributed by atoms with Crippen molar-refractivity contribution in [1.82, 2.24) is 5.32 Å². The first kappa shape index (κ1) is 21.8. The standard InChI is InChI=1S/C18H27BF2N2O4/c20-15-4-3-12(9-16(15)21)5-8-23-14-10-13(11-14)18(22,17(24)25)6-1-2-7-19(26)27/h3-4,9,13-14,23,26-27H,1-2,5-8,10-11,22H2,(H,24,25)/t13-,14+,18?. The highest BCUT2D eigenvalue weighted by molar-refractivity contribution is 6.40. The molecule has 1 aromatic carbocycles. The molecule has 0 aliphatic heterocycles. The molecule has 1 aromatic rings. The van der Waals surface area contributed by atoms with Crippen LogP contribution in [0.1, 0.15) is 37.7 Å². The molecular formula is C18H27BF2N2O4. The highest BCUT2D eigenvalue weighted by atomic mass is 19.2. The van der Waals surface area contributed by atoms with Gasteiger partial charge in [-0.2, -0.15) is 0 Å². The van der Waals surface area contributed by atoms with E-state index in [9.17, 15) is 18.7 Å². The lowest BCUT2D eigenvalue weighted by molar-refractivity contribution is -0.148. The maximum absolute atomic E-state index is 13.2. The molecule has 150 valence electrons. The SMILES string of the molecule is NC(CCCCB(O)O)(C(=O)O)[C@H]1C[C@@H](NCCc2ccc(F)c(F)c2)C1. The Balaban J connectivity index is 1.73. The van der Waals surface area contributed by atoms with Crippen LogP contribution in [-0.2, 0) is 11.2 Å². The van der Waals surface area contributed by atoms with Crippen LogP contribution in [0.2, 0.25) is 6.32 Å². The van der Waals surface area contributed by atoms with E-state index in [4.69, 9.17) is 15.8 Å². The fourth-order valence-electron chi connectivity index (χ4n) is 3.55. The molecule has 0 aromatic heterocycles. The Bertz CT molecular complexity index is 644. The van der Waals surface area contributed by atoms with Crippen LogP contribution in [0.15, 0.2) is 18.2 Å². The van der Waals surface area contributed by atoms with Gasteiger partial charge in [-0.1, -0.05) is 18.9 Å². The Hall–Kier alpha value is -1.55. The average molecular weight is 384 g/mol. The quantitative estimate of drug-likeness (QED) is 0.290. The maximum Gasteiger partial charge on any atom is 0.451 e. The molecule has 27 heavy (non-hydrogen) atoms. The van der Waals surface area contributed by atoms with Crippen LogP contribution in [-0.4, -0.2) is 46.4 Å². The number of unbranched alkanes of at least 4 members (excludes halogenated alkanes) is 1. The first-order valence-electron chi connectivity index (χ1n) is 9.28. The molecule has 1 unspecified atom stereocenters. The minimum atomic E-state index is -1.38. The van der Waals surface area contributed by atoms with Crippen molar-refractivity contribution in [3.8, 4) is 0 Å². The van der Waals surface area contributed by atoms with Gasteiger partial charge in [0, 0.05) is 6.04 Å². The second kappa shape index (κ2) is 9.59. The van der Waals surface area contributed by atoms with Crippen LogP contribution < -0.4 is 11.1 Å². The van der Waals surface area contributed by atoms with Gasteiger partial charge in [-0.05, 0) is 62.2 Å². The number of hydrogen-bond acceptors (Lipinski definition) is 5. The van der Waals surface area contributed by atoms with Crippen molar-refractivity contribution in [3.63, 3.8) is 0 Å². The van der Waals surface area contributed by atoms with E-state index in [1.165, 1.54) is 6.07 Å². The van der Waals surface area contributed by atoms with Crippen LogP contribution in [0, 0.1) is 17.6 Å². The zero-order valence-corrected chi connectivity index (χ0v) is 15.2. The number of carboxylic acids is 1. The number of nitrogens with one attached hydrogen (secondary N) is 1. The highest BCUT2D eigenvalue weighted by Crippen LogP contribution is 2.38. The summed E-state index contributed by atoms with van der Waals surface area (Å²) in [7, 11) is -1.38. The molecule has 1 atom stereocenters. The van der Waals surface area contributed by atoms with Gasteiger partial charge in [0.1, 0.15) is 5.54 Å². The van der Waals surface area contributed by atoms with Crippen LogP contribution in [0.4, 0.5) is 8.78 Å². The average Bonchev–Trinajstić information content (AvgIpc) is 2.56. The van der Waals surface area contributed by atoms with Gasteiger partial charge in [0.15, 0.2) is 11.6 Å². The number of carbonyl (C=O) groups is 1. The lowest BCUT2D eigenvalue weighted by atomic mass is 9.66. The molecule has 0 bridgehead atoms. The highest BCUT2D eigenvalue weighted by Gasteiger charge is 2.47. The van der Waals surface area contributed by atoms with Crippen molar-refractivity contribution in [3.05, 3.63) is 35.4 Å². The molecule has 6 N–H and O–H groups in total. The Labute approximate surface area is 157 Å². The molecule has 0 radical (unpaired) electrons. The fraction of sp³-hybridized carbons (Fsp3) is 0.611. The zero-order valence-electron chi connectivity index (χ0n) is 15.2. The molecule has 0 amide bonds. The maximum atomic E-state index is 13.2. The molecule has 0 saturated heterocycles. The topological polar surface area (TPSA) is 116 Å². The van der Waals surface area contributed by atoms with E-state index in [1.54, 1.807) is 6.07 Å². The Morgan fingerprint density at radius 1 is 1.26 bits per heavy atom. The largest absolute Gasteiger partial charge is 0.480 e. The van der Waals surface area contributed by atoms with Crippen molar-refractivity contribution in [2.45, 2.75) is 56.4 Å². The predicted molar refractivity (Wildman–Crippen MR) is 98.0 cm³/mol. The van der Waals surface area contributed by atoms with Crippen LogP contribution in [0.5, 0.6) is 0 Å². The van der Waals surface area contributed by atoms with Gasteiger partial charge in [0.05, 0.1) is 0 Å². The monoisotopic (exact) mass is 384 g/mol. The predicted octanol–water partition coefficient (Wildman–Crippen LogP) is 1.30. The van der Waals surface area contributed by atoms with Crippen molar-refractivity contribution < 1.29 is 28.7 Å². The van der Waals surface area contributed by atoms with E-state index in [1.807, 2.05) is 0 Å². The molecule has 1 fully saturated rings. The summed E-state index contributed by atoms with van der Waals surface area (Å²) in [5.74, 6) is -2.90. The molecule has 1 aliphatic rings. The number of aliphatic carboxylic acids is 1. The Morgan fingerprint density at radius 3 is 2.56 bits per heavy atom. The summed E-state index contributed by atoms with van der Waals surface area (Å²) < 4.78 is 26.1. The summed E-state index contributed by atoms with van der Waals surface area (Å²) in [6.45, 7) is 0.585. The fourth-order valence-corrected chi connectivity index (χ4v) is 3.55. The van der Waals surface area contributed by atoms with Crippen LogP contribution >= 0.6 is 0 Å². The Kier molecular flexibility index (Phi) is 7.73. The molecule has 2 rings (SSSR count). The van der Waals surface area contributed by atoms with Gasteiger partial charge in [-0.3, -0.25) is 4.79 Å². The van der Waals surface area contributed by atoms with E-state index in [-0.39, 0.29) is 18.3 Å². The third-order valence-corrected chi connectivity index (χ3v) is 5.40. The van der Waals surface area contributed by atoms with E-state index < -0.39 is 30.3 Å². The molecule has 1 saturated carbocycles. The van der Waals surface area contributed by atoms with E-state index in [0.29, 0.717) is 50.6 Å². The van der Waals surface area contributed by atoms with Crippen molar-refractivity contribution in [2.24, 2.45) is 11.7 Å². The first-order valence-corrected chi connectivity index (χ1v) is 9.28. The summed E-state index contributed by atoms with van der Waals surface area (Å²) in [6, 6.07) is 3.98. The van der Waals surface area contributed by atoms with Gasteiger partial charge in [0.2, 0.25) is 0 Å². The number of carboxylic acid groups (broad SMARTS) is 1. The molecule has 6 nitrogen and oxygen atoms in total. The molecule has 9 heteroatoms. The van der Waals surface area contributed by atoms with Gasteiger partial charge in [-0.15, -0.1) is 0 Å². The third kappa shape index (κ3) is 5.97. The minimum absolute atomic E-state index is 0.144. The first-order chi connectivity index (χ1) is 12.7. The van der Waals surface area contributed by atoms with E-state index >= 15 is 0 Å². The van der Waals surface area contributed by atoms with Crippen molar-refractivity contribution in [1.29, 1.82) is 0 Å². The van der Waals surface area contributed by atoms with Gasteiger partial charge >= 0.3 is 13.1 Å². The van der Waals surface area contributed by atoms with Crippen LogP contribution in [0.25, 0.3) is 0 Å². The minimum Gasteiger partial charge on any atom is -0.480 e. The van der Waals surface area contributed by atoms with Crippen molar-refractivity contribution in [2.75, 3.05) is 6.54 Å². The summed E-state index contributed by atoms with van der Waals surface area (Å²) in [4.78, 5) is 11.6. The summed E-state index contributed by atoms with van der Waals surface area (Å²) >= 11 is 0. The number of benzene rings is 1. The van der Waals surface area contributed by atoms with Crippen LogP contribution in [0.3, 0.4) is 0 Å². The second-order valence-electron chi connectivity index (χ2n) is 7.39. The summed E-state index contributed by atoms with van der Waals surface area (Å²) in [5, 5.41) is 30.5. The smallest absolute Gasteiger partial charge is 0.451 e. The summed E-state index contributed by atoms with van der Waals surface area (Å²) in [6.07, 6.45) is 3.36. The zero-order chi connectivity index (χ0) is 20.0.